The van der Waals surface area contributed by atoms with E-state index in [9.17, 15) is 14.7 Å². The Morgan fingerprint density at radius 1 is 1.15 bits per heavy atom. The van der Waals surface area contributed by atoms with E-state index in [2.05, 4.69) is 5.32 Å². The molecule has 1 aliphatic rings. The zero-order chi connectivity index (χ0) is 18.6. The topological polar surface area (TPSA) is 75.6 Å². The van der Waals surface area contributed by atoms with Gasteiger partial charge in [0.15, 0.2) is 0 Å². The van der Waals surface area contributed by atoms with Crippen LogP contribution in [0.2, 0.25) is 0 Å². The maximum atomic E-state index is 11.9. The molecule has 1 aliphatic heterocycles. The molecule has 5 nitrogen and oxygen atoms in total. The van der Waals surface area contributed by atoms with E-state index in [0.29, 0.717) is 12.8 Å². The van der Waals surface area contributed by atoms with Crippen LogP contribution >= 0.6 is 0 Å². The van der Waals surface area contributed by atoms with Gasteiger partial charge >= 0.3 is 5.97 Å². The number of ether oxygens (including phenoxy) is 1. The highest BCUT2D eigenvalue weighted by molar-refractivity contribution is 5.88. The Kier molecular flexibility index (Phi) is 5.07. The smallest absolute Gasteiger partial charge is 0.335 e. The number of rotatable bonds is 5. The number of cyclic esters (lactones) is 1. The number of carbonyl (C=O) groups excluding carboxylic acids is 2. The summed E-state index contributed by atoms with van der Waals surface area (Å²) in [6.07, 6.45) is 2.59. The lowest BCUT2D eigenvalue weighted by Gasteiger charge is -2.36. The molecular formula is C21H21NO4. The fourth-order valence-corrected chi connectivity index (χ4v) is 3.23. The molecule has 0 aromatic heterocycles. The Bertz CT molecular complexity index is 827. The third-order valence-electron chi connectivity index (χ3n) is 4.44. The molecule has 26 heavy (non-hydrogen) atoms. The van der Waals surface area contributed by atoms with E-state index in [4.69, 9.17) is 4.74 Å². The second-order valence-corrected chi connectivity index (χ2v) is 6.47. The fraction of sp³-hybridized carbons (Fsp3) is 0.238. The number of carbonyl (C=O) groups is 2. The van der Waals surface area contributed by atoms with Crippen LogP contribution in [-0.2, 0) is 26.3 Å². The molecule has 0 fully saturated rings. The maximum Gasteiger partial charge on any atom is 0.335 e. The summed E-state index contributed by atoms with van der Waals surface area (Å²) in [7, 11) is 0. The van der Waals surface area contributed by atoms with Gasteiger partial charge in [-0.25, -0.2) is 4.79 Å². The second-order valence-electron chi connectivity index (χ2n) is 6.47. The molecule has 1 amide bonds. The molecule has 134 valence electrons. The molecule has 3 rings (SSSR count). The number of benzene rings is 2. The van der Waals surface area contributed by atoms with Gasteiger partial charge in [0, 0.05) is 19.0 Å². The molecule has 5 heteroatoms. The Morgan fingerprint density at radius 2 is 1.85 bits per heavy atom. The fourth-order valence-electron chi connectivity index (χ4n) is 3.23. The van der Waals surface area contributed by atoms with Crippen molar-refractivity contribution >= 4 is 17.6 Å². The van der Waals surface area contributed by atoms with E-state index >= 15 is 0 Å². The summed E-state index contributed by atoms with van der Waals surface area (Å²) in [6.45, 7) is 1.47. The zero-order valence-corrected chi connectivity index (χ0v) is 14.6. The summed E-state index contributed by atoms with van der Waals surface area (Å²) < 4.78 is 5.70. The Labute approximate surface area is 152 Å². The Hall–Kier alpha value is -3.08. The van der Waals surface area contributed by atoms with Gasteiger partial charge in [-0.1, -0.05) is 42.5 Å². The number of nitrogens with one attached hydrogen (secondary N) is 1. The summed E-state index contributed by atoms with van der Waals surface area (Å²) in [5, 5.41) is 12.7. The Balaban J connectivity index is 1.80. The molecule has 0 saturated carbocycles. The monoisotopic (exact) mass is 351 g/mol. The van der Waals surface area contributed by atoms with Gasteiger partial charge in [0.05, 0.1) is 6.08 Å². The van der Waals surface area contributed by atoms with Crippen LogP contribution in [0.4, 0.5) is 5.69 Å². The lowest BCUT2D eigenvalue weighted by molar-refractivity contribution is -0.159. The summed E-state index contributed by atoms with van der Waals surface area (Å²) in [6, 6.07) is 17.1. The normalized spacial score (nSPS) is 19.4. The van der Waals surface area contributed by atoms with Crippen LogP contribution < -0.4 is 5.32 Å². The summed E-state index contributed by atoms with van der Waals surface area (Å²) in [4.78, 5) is 23.0. The quantitative estimate of drug-likeness (QED) is 0.802. The van der Waals surface area contributed by atoms with Crippen molar-refractivity contribution in [2.75, 3.05) is 5.32 Å². The number of amides is 1. The SMILES string of the molecule is CC(=O)Nc1ccc(CC[C@@]2(c3ccccc3)CC(O)=CC(=O)O2)cc1. The molecule has 0 aliphatic carbocycles. The van der Waals surface area contributed by atoms with Gasteiger partial charge in [0.25, 0.3) is 0 Å². The van der Waals surface area contributed by atoms with Crippen molar-refractivity contribution in [2.45, 2.75) is 31.8 Å². The van der Waals surface area contributed by atoms with E-state index < -0.39 is 11.6 Å². The van der Waals surface area contributed by atoms with Crippen LogP contribution in [-0.4, -0.2) is 17.0 Å². The third-order valence-corrected chi connectivity index (χ3v) is 4.44. The van der Waals surface area contributed by atoms with Crippen molar-refractivity contribution in [3.63, 3.8) is 0 Å². The van der Waals surface area contributed by atoms with Crippen molar-refractivity contribution in [1.29, 1.82) is 0 Å². The molecule has 2 aromatic rings. The molecule has 0 bridgehead atoms. The first-order valence-electron chi connectivity index (χ1n) is 8.51. The van der Waals surface area contributed by atoms with Gasteiger partial charge < -0.3 is 15.2 Å². The third kappa shape index (κ3) is 4.11. The van der Waals surface area contributed by atoms with Gasteiger partial charge in [0.1, 0.15) is 11.4 Å². The number of aliphatic hydroxyl groups is 1. The molecule has 0 unspecified atom stereocenters. The van der Waals surface area contributed by atoms with E-state index in [0.717, 1.165) is 22.9 Å². The molecule has 2 N–H and O–H groups in total. The minimum atomic E-state index is -0.881. The highest BCUT2D eigenvalue weighted by Gasteiger charge is 2.39. The van der Waals surface area contributed by atoms with E-state index in [1.54, 1.807) is 0 Å². The van der Waals surface area contributed by atoms with Crippen molar-refractivity contribution in [2.24, 2.45) is 0 Å². The van der Waals surface area contributed by atoms with Crippen LogP contribution in [0.1, 0.15) is 30.9 Å². The second kappa shape index (κ2) is 7.44. The maximum absolute atomic E-state index is 11.9. The lowest BCUT2D eigenvalue weighted by Crippen LogP contribution is -2.36. The zero-order valence-electron chi connectivity index (χ0n) is 14.6. The molecule has 1 atom stereocenters. The summed E-state index contributed by atoms with van der Waals surface area (Å²) >= 11 is 0. The standard InChI is InChI=1S/C21H21NO4/c1-15(23)22-18-9-7-16(8-10-18)11-12-21(17-5-3-2-4-6-17)14-19(24)13-20(25)26-21/h2-10,13,24H,11-12,14H2,1H3,(H,22,23)/t21-/m0/s1. The number of aliphatic hydroxyl groups excluding tert-OH is 1. The number of aryl methyl sites for hydroxylation is 1. The molecular weight excluding hydrogens is 330 g/mol. The lowest BCUT2D eigenvalue weighted by atomic mass is 9.83. The highest BCUT2D eigenvalue weighted by atomic mass is 16.6. The van der Waals surface area contributed by atoms with Crippen molar-refractivity contribution in [3.8, 4) is 0 Å². The predicted octanol–water partition coefficient (Wildman–Crippen LogP) is 3.86. The van der Waals surface area contributed by atoms with Crippen LogP contribution in [0.3, 0.4) is 0 Å². The van der Waals surface area contributed by atoms with Crippen molar-refractivity contribution in [1.82, 2.24) is 0 Å². The van der Waals surface area contributed by atoms with Gasteiger partial charge in [0.2, 0.25) is 5.91 Å². The molecule has 0 radical (unpaired) electrons. The largest absolute Gasteiger partial charge is 0.512 e. The van der Waals surface area contributed by atoms with Crippen LogP contribution in [0, 0.1) is 0 Å². The van der Waals surface area contributed by atoms with Crippen molar-refractivity contribution in [3.05, 3.63) is 77.6 Å². The van der Waals surface area contributed by atoms with E-state index in [-0.39, 0.29) is 18.1 Å². The number of esters is 1. The first-order chi connectivity index (χ1) is 12.5. The summed E-state index contributed by atoms with van der Waals surface area (Å²) in [5.74, 6) is -0.609. The van der Waals surface area contributed by atoms with Gasteiger partial charge in [-0.2, -0.15) is 0 Å². The number of anilines is 1. The van der Waals surface area contributed by atoms with Gasteiger partial charge in [-0.05, 0) is 36.1 Å². The average molecular weight is 351 g/mol. The van der Waals surface area contributed by atoms with Gasteiger partial charge in [-0.3, -0.25) is 4.79 Å². The number of hydrogen-bond acceptors (Lipinski definition) is 4. The van der Waals surface area contributed by atoms with Crippen LogP contribution in [0.15, 0.2) is 66.4 Å². The van der Waals surface area contributed by atoms with Crippen LogP contribution in [0.5, 0.6) is 0 Å². The van der Waals surface area contributed by atoms with Gasteiger partial charge in [-0.15, -0.1) is 0 Å². The molecule has 1 heterocycles. The first kappa shape index (κ1) is 17.7. The van der Waals surface area contributed by atoms with Crippen molar-refractivity contribution < 1.29 is 19.4 Å². The average Bonchev–Trinajstić information content (AvgIpc) is 2.61. The summed E-state index contributed by atoms with van der Waals surface area (Å²) in [5.41, 5.74) is 1.78. The van der Waals surface area contributed by atoms with E-state index in [1.807, 2.05) is 54.6 Å². The van der Waals surface area contributed by atoms with Crippen LogP contribution in [0.25, 0.3) is 0 Å². The number of hydrogen-bond donors (Lipinski definition) is 2. The molecule has 0 saturated heterocycles. The molecule has 0 spiro atoms. The minimum absolute atomic E-state index is 0.0334. The Morgan fingerprint density at radius 3 is 2.46 bits per heavy atom. The first-order valence-corrected chi connectivity index (χ1v) is 8.51. The predicted molar refractivity (Wildman–Crippen MR) is 98.6 cm³/mol. The van der Waals surface area contributed by atoms with E-state index in [1.165, 1.54) is 6.92 Å². The highest BCUT2D eigenvalue weighted by Crippen LogP contribution is 2.39. The molecule has 2 aromatic carbocycles. The minimum Gasteiger partial charge on any atom is -0.512 e.